The molecule has 0 amide bonds. The Labute approximate surface area is 116 Å². The van der Waals surface area contributed by atoms with E-state index in [0.29, 0.717) is 12.1 Å². The van der Waals surface area contributed by atoms with Crippen LogP contribution in [0.5, 0.6) is 0 Å². The van der Waals surface area contributed by atoms with Gasteiger partial charge in [-0.25, -0.2) is 0 Å². The Hall–Kier alpha value is -0.830. The van der Waals surface area contributed by atoms with Crippen LogP contribution in [-0.2, 0) is 6.42 Å². The number of nitrogens with zero attached hydrogens (tertiary/aromatic N) is 2. The van der Waals surface area contributed by atoms with Crippen LogP contribution < -0.4 is 5.32 Å². The summed E-state index contributed by atoms with van der Waals surface area (Å²) in [4.78, 5) is 0. The summed E-state index contributed by atoms with van der Waals surface area (Å²) in [5.41, 5.74) is 1.31. The summed E-state index contributed by atoms with van der Waals surface area (Å²) < 4.78 is 2.23. The maximum absolute atomic E-state index is 4.84. The van der Waals surface area contributed by atoms with Crippen molar-refractivity contribution >= 4 is 0 Å². The van der Waals surface area contributed by atoms with Gasteiger partial charge in [-0.05, 0) is 57.1 Å². The van der Waals surface area contributed by atoms with Crippen molar-refractivity contribution in [3.63, 3.8) is 0 Å². The molecular formula is C16H27N3. The molecule has 0 spiro atoms. The minimum Gasteiger partial charge on any atom is -0.317 e. The summed E-state index contributed by atoms with van der Waals surface area (Å²) in [6.45, 7) is 2.40. The lowest BCUT2D eigenvalue weighted by Crippen LogP contribution is -2.29. The zero-order valence-electron chi connectivity index (χ0n) is 12.3. The van der Waals surface area contributed by atoms with Gasteiger partial charge < -0.3 is 5.32 Å². The summed E-state index contributed by atoms with van der Waals surface area (Å²) in [6.07, 6.45) is 11.5. The smallest absolute Gasteiger partial charge is 0.0627 e. The van der Waals surface area contributed by atoms with Gasteiger partial charge in [-0.1, -0.05) is 19.8 Å². The van der Waals surface area contributed by atoms with E-state index in [0.717, 1.165) is 11.8 Å². The van der Waals surface area contributed by atoms with Gasteiger partial charge >= 0.3 is 0 Å². The second-order valence-electron chi connectivity index (χ2n) is 6.52. The monoisotopic (exact) mass is 261 g/mol. The second kappa shape index (κ2) is 5.66. The van der Waals surface area contributed by atoms with Crippen LogP contribution in [0.1, 0.15) is 57.2 Å². The first-order chi connectivity index (χ1) is 9.28. The highest BCUT2D eigenvalue weighted by molar-refractivity contribution is 5.03. The Kier molecular flexibility index (Phi) is 3.92. The van der Waals surface area contributed by atoms with Crippen LogP contribution in [-0.4, -0.2) is 22.9 Å². The van der Waals surface area contributed by atoms with E-state index >= 15 is 0 Å². The molecule has 3 atom stereocenters. The molecule has 0 aliphatic heterocycles. The van der Waals surface area contributed by atoms with Crippen LogP contribution >= 0.6 is 0 Å². The van der Waals surface area contributed by atoms with Crippen molar-refractivity contribution in [3.8, 4) is 0 Å². The number of hydrogen-bond acceptors (Lipinski definition) is 2. The molecule has 19 heavy (non-hydrogen) atoms. The third-order valence-corrected chi connectivity index (χ3v) is 5.43. The van der Waals surface area contributed by atoms with Crippen molar-refractivity contribution in [2.45, 2.75) is 64.0 Å². The normalized spacial score (nSPS) is 32.2. The summed E-state index contributed by atoms with van der Waals surface area (Å²) in [5.74, 6) is 1.59. The van der Waals surface area contributed by atoms with Crippen molar-refractivity contribution in [2.24, 2.45) is 11.8 Å². The molecule has 2 saturated carbocycles. The largest absolute Gasteiger partial charge is 0.317 e. The van der Waals surface area contributed by atoms with E-state index < -0.39 is 0 Å². The standard InChI is InChI=1S/C16H27N3/c1-12-13(7-8-16(12)17-2)11-14-9-10-19(18-14)15-5-3-4-6-15/h9-10,12-13,15-17H,3-8,11H2,1-2H3. The van der Waals surface area contributed by atoms with Crippen molar-refractivity contribution < 1.29 is 0 Å². The third-order valence-electron chi connectivity index (χ3n) is 5.43. The Morgan fingerprint density at radius 1 is 1.26 bits per heavy atom. The average Bonchev–Trinajstić information content (AvgIpc) is 3.12. The van der Waals surface area contributed by atoms with Gasteiger partial charge in [0.15, 0.2) is 0 Å². The fourth-order valence-electron chi connectivity index (χ4n) is 4.07. The minimum atomic E-state index is 0.680. The lowest BCUT2D eigenvalue weighted by Gasteiger charge is -2.19. The SMILES string of the molecule is CNC1CCC(Cc2ccn(C3CCCC3)n2)C1C. The van der Waals surface area contributed by atoms with Crippen molar-refractivity contribution in [1.29, 1.82) is 0 Å². The maximum Gasteiger partial charge on any atom is 0.0627 e. The van der Waals surface area contributed by atoms with E-state index in [4.69, 9.17) is 5.10 Å². The van der Waals surface area contributed by atoms with E-state index in [-0.39, 0.29) is 0 Å². The molecule has 0 saturated heterocycles. The number of rotatable bonds is 4. The molecule has 1 aromatic rings. The molecule has 2 aliphatic carbocycles. The molecule has 3 unspecified atom stereocenters. The van der Waals surface area contributed by atoms with E-state index in [2.05, 4.69) is 36.2 Å². The minimum absolute atomic E-state index is 0.680. The van der Waals surface area contributed by atoms with Crippen LogP contribution in [0.25, 0.3) is 0 Å². The molecule has 2 fully saturated rings. The molecular weight excluding hydrogens is 234 g/mol. The van der Waals surface area contributed by atoms with Crippen molar-refractivity contribution in [3.05, 3.63) is 18.0 Å². The zero-order chi connectivity index (χ0) is 13.2. The third kappa shape index (κ3) is 2.71. The molecule has 0 radical (unpaired) electrons. The van der Waals surface area contributed by atoms with Crippen LogP contribution in [0.4, 0.5) is 0 Å². The average molecular weight is 261 g/mol. The van der Waals surface area contributed by atoms with E-state index in [9.17, 15) is 0 Å². The summed E-state index contributed by atoms with van der Waals surface area (Å²) in [7, 11) is 2.10. The van der Waals surface area contributed by atoms with Crippen LogP contribution in [0.15, 0.2) is 12.3 Å². The number of hydrogen-bond donors (Lipinski definition) is 1. The van der Waals surface area contributed by atoms with E-state index in [1.807, 2.05) is 0 Å². The van der Waals surface area contributed by atoms with Crippen LogP contribution in [0.3, 0.4) is 0 Å². The summed E-state index contributed by atoms with van der Waals surface area (Å²) in [6, 6.07) is 3.64. The second-order valence-corrected chi connectivity index (χ2v) is 6.52. The van der Waals surface area contributed by atoms with Gasteiger partial charge in [0.05, 0.1) is 11.7 Å². The highest BCUT2D eigenvalue weighted by atomic mass is 15.3. The Balaban J connectivity index is 1.61. The molecule has 0 aromatic carbocycles. The maximum atomic E-state index is 4.84. The first-order valence-electron chi connectivity index (χ1n) is 7.99. The van der Waals surface area contributed by atoms with Crippen LogP contribution in [0, 0.1) is 11.8 Å². The van der Waals surface area contributed by atoms with Gasteiger partial charge in [-0.3, -0.25) is 4.68 Å². The molecule has 3 rings (SSSR count). The highest BCUT2D eigenvalue weighted by Crippen LogP contribution is 2.34. The first kappa shape index (κ1) is 13.2. The molecule has 0 bridgehead atoms. The van der Waals surface area contributed by atoms with Gasteiger partial charge in [0, 0.05) is 12.2 Å². The lowest BCUT2D eigenvalue weighted by molar-refractivity contribution is 0.359. The summed E-state index contributed by atoms with van der Waals surface area (Å²) >= 11 is 0. The predicted octanol–water partition coefficient (Wildman–Crippen LogP) is 3.17. The van der Waals surface area contributed by atoms with Gasteiger partial charge in [0.1, 0.15) is 0 Å². The van der Waals surface area contributed by atoms with Crippen molar-refractivity contribution in [1.82, 2.24) is 15.1 Å². The number of aromatic nitrogens is 2. The van der Waals surface area contributed by atoms with Crippen molar-refractivity contribution in [2.75, 3.05) is 7.05 Å². The molecule has 2 aliphatic rings. The predicted molar refractivity (Wildman–Crippen MR) is 78.2 cm³/mol. The van der Waals surface area contributed by atoms with Gasteiger partial charge in [0.2, 0.25) is 0 Å². The molecule has 1 N–H and O–H groups in total. The first-order valence-corrected chi connectivity index (χ1v) is 7.99. The molecule has 3 heteroatoms. The van der Waals surface area contributed by atoms with E-state index in [1.54, 1.807) is 0 Å². The quantitative estimate of drug-likeness (QED) is 0.902. The molecule has 1 heterocycles. The molecule has 3 nitrogen and oxygen atoms in total. The molecule has 1 aromatic heterocycles. The van der Waals surface area contributed by atoms with Crippen LogP contribution in [0.2, 0.25) is 0 Å². The molecule has 106 valence electrons. The zero-order valence-corrected chi connectivity index (χ0v) is 12.3. The summed E-state index contributed by atoms with van der Waals surface area (Å²) in [5, 5.41) is 8.29. The fourth-order valence-corrected chi connectivity index (χ4v) is 4.07. The van der Waals surface area contributed by atoms with Gasteiger partial charge in [-0.2, -0.15) is 5.10 Å². The highest BCUT2D eigenvalue weighted by Gasteiger charge is 2.32. The Morgan fingerprint density at radius 3 is 2.74 bits per heavy atom. The Bertz CT molecular complexity index is 406. The lowest BCUT2D eigenvalue weighted by atomic mass is 9.91. The van der Waals surface area contributed by atoms with E-state index in [1.165, 1.54) is 50.6 Å². The number of nitrogens with one attached hydrogen (secondary N) is 1. The van der Waals surface area contributed by atoms with Gasteiger partial charge in [-0.15, -0.1) is 0 Å². The topological polar surface area (TPSA) is 29.9 Å². The van der Waals surface area contributed by atoms with Gasteiger partial charge in [0.25, 0.3) is 0 Å². The fraction of sp³-hybridized carbons (Fsp3) is 0.812. The Morgan fingerprint density at radius 2 is 2.05 bits per heavy atom.